The maximum Gasteiger partial charge on any atom is 0.338 e. The largest absolute Gasteiger partial charge is 0.478 e. The van der Waals surface area contributed by atoms with Crippen molar-refractivity contribution >= 4 is 23.4 Å². The fraction of sp³-hybridized carbons (Fsp3) is 0.0909. The number of nitrogens with zero attached hydrogens (tertiary/aromatic N) is 3. The van der Waals surface area contributed by atoms with Crippen molar-refractivity contribution in [1.82, 2.24) is 15.0 Å². The van der Waals surface area contributed by atoms with Gasteiger partial charge >= 0.3 is 5.97 Å². The van der Waals surface area contributed by atoms with Crippen LogP contribution in [-0.2, 0) is 0 Å². The van der Waals surface area contributed by atoms with Crippen molar-refractivity contribution in [2.24, 2.45) is 0 Å². The quantitative estimate of drug-likeness (QED) is 0.488. The molecule has 0 aliphatic carbocycles. The Morgan fingerprint density at radius 3 is 2.76 bits per heavy atom. The molecule has 0 saturated carbocycles. The van der Waals surface area contributed by atoms with E-state index in [-0.39, 0.29) is 21.3 Å². The van der Waals surface area contributed by atoms with Crippen LogP contribution < -0.4 is 5.56 Å². The Hall–Kier alpha value is -2.75. The first-order valence-electron chi connectivity index (χ1n) is 5.50. The molecule has 0 saturated heterocycles. The van der Waals surface area contributed by atoms with Gasteiger partial charge in [0.25, 0.3) is 11.2 Å². The summed E-state index contributed by atoms with van der Waals surface area (Å²) in [6.07, 6.45) is 0.947. The molecule has 0 unspecified atom stereocenters. The van der Waals surface area contributed by atoms with E-state index in [2.05, 4.69) is 15.0 Å². The van der Waals surface area contributed by atoms with Gasteiger partial charge in [0, 0.05) is 17.8 Å². The first kappa shape index (κ1) is 14.7. The van der Waals surface area contributed by atoms with Gasteiger partial charge in [-0.25, -0.2) is 14.8 Å². The number of aryl methyl sites for hydroxylation is 1. The van der Waals surface area contributed by atoms with E-state index in [1.165, 1.54) is 6.07 Å². The average Bonchev–Trinajstić information content (AvgIpc) is 2.37. The van der Waals surface area contributed by atoms with Gasteiger partial charge in [-0.15, -0.1) is 0 Å². The summed E-state index contributed by atoms with van der Waals surface area (Å²) in [4.78, 5) is 42.6. The summed E-state index contributed by atoms with van der Waals surface area (Å²) < 4.78 is 0. The molecular weight excluding hydrogens is 300 g/mol. The Morgan fingerprint density at radius 1 is 1.48 bits per heavy atom. The van der Waals surface area contributed by atoms with Crippen molar-refractivity contribution < 1.29 is 14.8 Å². The molecule has 0 amide bonds. The molecule has 0 bridgehead atoms. The third-order valence-corrected chi connectivity index (χ3v) is 3.22. The summed E-state index contributed by atoms with van der Waals surface area (Å²) in [5, 5.41) is 19.9. The van der Waals surface area contributed by atoms with Crippen molar-refractivity contribution in [3.05, 3.63) is 50.1 Å². The van der Waals surface area contributed by atoms with E-state index in [0.29, 0.717) is 5.69 Å². The van der Waals surface area contributed by atoms with Crippen molar-refractivity contribution in [2.45, 2.75) is 17.1 Å². The van der Waals surface area contributed by atoms with E-state index in [0.717, 1.165) is 24.0 Å². The number of hydrogen-bond donors (Lipinski definition) is 2. The van der Waals surface area contributed by atoms with E-state index in [1.54, 1.807) is 6.92 Å². The molecule has 0 spiro atoms. The lowest BCUT2D eigenvalue weighted by Crippen LogP contribution is -2.09. The van der Waals surface area contributed by atoms with E-state index in [4.69, 9.17) is 5.11 Å². The van der Waals surface area contributed by atoms with Gasteiger partial charge in [0.1, 0.15) is 11.2 Å². The second-order valence-electron chi connectivity index (χ2n) is 3.90. The summed E-state index contributed by atoms with van der Waals surface area (Å²) >= 11 is 0.810. The molecular formula is C11H8N4O5S. The molecule has 108 valence electrons. The number of carboxylic acids is 1. The van der Waals surface area contributed by atoms with Crippen LogP contribution in [0, 0.1) is 17.0 Å². The zero-order valence-corrected chi connectivity index (χ0v) is 11.4. The highest BCUT2D eigenvalue weighted by Crippen LogP contribution is 2.27. The van der Waals surface area contributed by atoms with Crippen LogP contribution in [0.5, 0.6) is 0 Å². The Labute approximate surface area is 121 Å². The number of aromatic carboxylic acids is 1. The van der Waals surface area contributed by atoms with Gasteiger partial charge in [0.05, 0.1) is 10.5 Å². The SMILES string of the molecule is Cc1cc(=O)[nH]c(Sc2ncc([N+](=O)[O-])cc2C(=O)O)n1. The van der Waals surface area contributed by atoms with E-state index >= 15 is 0 Å². The first-order valence-corrected chi connectivity index (χ1v) is 6.32. The Morgan fingerprint density at radius 2 is 2.19 bits per heavy atom. The van der Waals surface area contributed by atoms with Gasteiger partial charge in [0.15, 0.2) is 5.16 Å². The highest BCUT2D eigenvalue weighted by atomic mass is 32.2. The first-order chi connectivity index (χ1) is 9.86. The number of rotatable bonds is 4. The zero-order chi connectivity index (χ0) is 15.6. The van der Waals surface area contributed by atoms with Crippen LogP contribution in [0.4, 0.5) is 5.69 Å². The van der Waals surface area contributed by atoms with Gasteiger partial charge in [-0.3, -0.25) is 14.9 Å². The fourth-order valence-corrected chi connectivity index (χ4v) is 2.35. The molecule has 0 aliphatic rings. The van der Waals surface area contributed by atoms with Gasteiger partial charge < -0.3 is 10.1 Å². The highest BCUT2D eigenvalue weighted by molar-refractivity contribution is 7.99. The van der Waals surface area contributed by atoms with Crippen molar-refractivity contribution in [2.75, 3.05) is 0 Å². The molecule has 10 heteroatoms. The monoisotopic (exact) mass is 308 g/mol. The average molecular weight is 308 g/mol. The summed E-state index contributed by atoms with van der Waals surface area (Å²) in [5.74, 6) is -1.36. The second-order valence-corrected chi connectivity index (χ2v) is 4.88. The molecule has 2 heterocycles. The van der Waals surface area contributed by atoms with Crippen LogP contribution in [0.25, 0.3) is 0 Å². The van der Waals surface area contributed by atoms with Crippen LogP contribution >= 0.6 is 11.8 Å². The lowest BCUT2D eigenvalue weighted by molar-refractivity contribution is -0.385. The number of nitro groups is 1. The van der Waals surface area contributed by atoms with Crippen molar-refractivity contribution in [1.29, 1.82) is 0 Å². The van der Waals surface area contributed by atoms with E-state index < -0.39 is 16.6 Å². The fourth-order valence-electron chi connectivity index (χ4n) is 1.47. The highest BCUT2D eigenvalue weighted by Gasteiger charge is 2.19. The topological polar surface area (TPSA) is 139 Å². The molecule has 0 aliphatic heterocycles. The Bertz CT molecular complexity index is 788. The van der Waals surface area contributed by atoms with Gasteiger partial charge in [-0.05, 0) is 18.7 Å². The van der Waals surface area contributed by atoms with Crippen LogP contribution in [0.1, 0.15) is 16.1 Å². The van der Waals surface area contributed by atoms with Gasteiger partial charge in [-0.2, -0.15) is 0 Å². The van der Waals surface area contributed by atoms with Crippen LogP contribution in [0.15, 0.2) is 33.3 Å². The number of aromatic amines is 1. The molecule has 0 radical (unpaired) electrons. The summed E-state index contributed by atoms with van der Waals surface area (Å²) in [6, 6.07) is 2.19. The molecule has 2 rings (SSSR count). The summed E-state index contributed by atoms with van der Waals surface area (Å²) in [7, 11) is 0. The van der Waals surface area contributed by atoms with Gasteiger partial charge in [-0.1, -0.05) is 0 Å². The number of carboxylic acid groups (broad SMARTS) is 1. The zero-order valence-electron chi connectivity index (χ0n) is 10.6. The minimum atomic E-state index is -1.36. The lowest BCUT2D eigenvalue weighted by Gasteiger charge is -2.04. The number of carbonyl (C=O) groups is 1. The molecule has 21 heavy (non-hydrogen) atoms. The van der Waals surface area contributed by atoms with Crippen LogP contribution in [0.2, 0.25) is 0 Å². The molecule has 0 fully saturated rings. The maximum absolute atomic E-state index is 11.3. The molecule has 0 atom stereocenters. The van der Waals surface area contributed by atoms with Crippen LogP contribution in [-0.4, -0.2) is 31.0 Å². The summed E-state index contributed by atoms with van der Waals surface area (Å²) in [6.45, 7) is 1.61. The Kier molecular flexibility index (Phi) is 3.98. The second kappa shape index (κ2) is 5.71. The van der Waals surface area contributed by atoms with Crippen LogP contribution in [0.3, 0.4) is 0 Å². The van der Waals surface area contributed by atoms with Crippen molar-refractivity contribution in [3.8, 4) is 0 Å². The third kappa shape index (κ3) is 3.42. The molecule has 9 nitrogen and oxygen atoms in total. The number of hydrogen-bond acceptors (Lipinski definition) is 7. The third-order valence-electron chi connectivity index (χ3n) is 2.32. The number of nitrogens with one attached hydrogen (secondary N) is 1. The maximum atomic E-state index is 11.3. The predicted molar refractivity (Wildman–Crippen MR) is 71.6 cm³/mol. The Balaban J connectivity index is 2.46. The standard InChI is InChI=1S/C11H8N4O5S/c1-5-2-8(16)14-11(13-5)21-9-7(10(17)18)3-6(4-12-9)15(19)20/h2-4H,1H3,(H,17,18)(H,13,14,16). The molecule has 2 N–H and O–H groups in total. The molecule has 2 aromatic rings. The molecule has 2 aromatic heterocycles. The summed E-state index contributed by atoms with van der Waals surface area (Å²) in [5.41, 5.74) is -0.690. The smallest absolute Gasteiger partial charge is 0.338 e. The van der Waals surface area contributed by atoms with E-state index in [9.17, 15) is 19.7 Å². The number of pyridine rings is 1. The minimum absolute atomic E-state index is 0.00171. The number of aromatic nitrogens is 3. The molecule has 0 aromatic carbocycles. The minimum Gasteiger partial charge on any atom is -0.478 e. The van der Waals surface area contributed by atoms with Crippen molar-refractivity contribution in [3.63, 3.8) is 0 Å². The van der Waals surface area contributed by atoms with E-state index in [1.807, 2.05) is 0 Å². The normalized spacial score (nSPS) is 10.3. The predicted octanol–water partition coefficient (Wildman–Crippen LogP) is 1.23. The van der Waals surface area contributed by atoms with Gasteiger partial charge in [0.2, 0.25) is 0 Å². The number of H-pyrrole nitrogens is 1. The lowest BCUT2D eigenvalue weighted by atomic mass is 10.3.